The minimum absolute atomic E-state index is 0.403. The van der Waals surface area contributed by atoms with Crippen LogP contribution < -0.4 is 5.43 Å². The summed E-state index contributed by atoms with van der Waals surface area (Å²) in [6, 6.07) is 10.5. The molecule has 0 aromatic heterocycles. The van der Waals surface area contributed by atoms with E-state index in [2.05, 4.69) is 10.5 Å². The number of rotatable bonds is 3. The summed E-state index contributed by atoms with van der Waals surface area (Å²) in [6.45, 7) is 0. The van der Waals surface area contributed by atoms with Crippen molar-refractivity contribution in [1.82, 2.24) is 0 Å². The molecular formula is C13H8Cl4N2. The van der Waals surface area contributed by atoms with Gasteiger partial charge in [0.15, 0.2) is 0 Å². The highest BCUT2D eigenvalue weighted by Crippen LogP contribution is 2.33. The molecular weight excluding hydrogens is 326 g/mol. The summed E-state index contributed by atoms with van der Waals surface area (Å²) in [6.07, 6.45) is 1.62. The Labute approximate surface area is 130 Å². The van der Waals surface area contributed by atoms with Crippen molar-refractivity contribution in [2.75, 3.05) is 5.43 Å². The van der Waals surface area contributed by atoms with Gasteiger partial charge >= 0.3 is 0 Å². The Morgan fingerprint density at radius 3 is 2.21 bits per heavy atom. The largest absolute Gasteiger partial charge is 0.275 e. The molecule has 2 rings (SSSR count). The van der Waals surface area contributed by atoms with Gasteiger partial charge in [-0.3, -0.25) is 5.43 Å². The molecule has 0 unspecified atom stereocenters. The van der Waals surface area contributed by atoms with Crippen molar-refractivity contribution in [3.05, 3.63) is 62.1 Å². The summed E-state index contributed by atoms with van der Waals surface area (Å²) in [7, 11) is 0. The smallest absolute Gasteiger partial charge is 0.0935 e. The Bertz CT molecular complexity index is 603. The molecule has 0 fully saturated rings. The molecule has 19 heavy (non-hydrogen) atoms. The molecule has 0 radical (unpaired) electrons. The average molecular weight is 334 g/mol. The second-order valence-corrected chi connectivity index (χ2v) is 5.36. The summed E-state index contributed by atoms with van der Waals surface area (Å²) >= 11 is 23.7. The van der Waals surface area contributed by atoms with Gasteiger partial charge in [-0.2, -0.15) is 5.10 Å². The SMILES string of the molecule is Clc1cccc(/C=N\Nc2c(Cl)cc(Cl)cc2Cl)c1. The third-order valence-corrected chi connectivity index (χ3v) is 3.30. The zero-order chi connectivity index (χ0) is 13.8. The van der Waals surface area contributed by atoms with Gasteiger partial charge in [-0.15, -0.1) is 0 Å². The van der Waals surface area contributed by atoms with Crippen LogP contribution in [0, 0.1) is 0 Å². The monoisotopic (exact) mass is 332 g/mol. The first-order valence-electron chi connectivity index (χ1n) is 5.25. The van der Waals surface area contributed by atoms with Crippen molar-refractivity contribution in [3.8, 4) is 0 Å². The fourth-order valence-electron chi connectivity index (χ4n) is 1.41. The zero-order valence-corrected chi connectivity index (χ0v) is 12.5. The fraction of sp³-hybridized carbons (Fsp3) is 0. The molecule has 0 aliphatic rings. The van der Waals surface area contributed by atoms with Gasteiger partial charge in [-0.1, -0.05) is 58.5 Å². The van der Waals surface area contributed by atoms with E-state index < -0.39 is 0 Å². The van der Waals surface area contributed by atoms with Crippen molar-refractivity contribution in [2.24, 2.45) is 5.10 Å². The van der Waals surface area contributed by atoms with Crippen molar-refractivity contribution in [3.63, 3.8) is 0 Å². The Hall–Kier alpha value is -0.930. The predicted octanol–water partition coefficient (Wildman–Crippen LogP) is 5.75. The van der Waals surface area contributed by atoms with Gasteiger partial charge in [-0.05, 0) is 29.8 Å². The van der Waals surface area contributed by atoms with Crippen LogP contribution in [0.1, 0.15) is 5.56 Å². The lowest BCUT2D eigenvalue weighted by Crippen LogP contribution is -1.92. The highest BCUT2D eigenvalue weighted by molar-refractivity contribution is 6.41. The zero-order valence-electron chi connectivity index (χ0n) is 9.50. The number of hydrogen-bond donors (Lipinski definition) is 1. The lowest BCUT2D eigenvalue weighted by atomic mass is 10.2. The Morgan fingerprint density at radius 2 is 1.58 bits per heavy atom. The quantitative estimate of drug-likeness (QED) is 0.561. The van der Waals surface area contributed by atoms with Crippen LogP contribution >= 0.6 is 46.4 Å². The first-order valence-corrected chi connectivity index (χ1v) is 6.76. The first-order chi connectivity index (χ1) is 9.06. The van der Waals surface area contributed by atoms with Gasteiger partial charge in [0, 0.05) is 10.0 Å². The highest BCUT2D eigenvalue weighted by Gasteiger charge is 2.06. The molecule has 98 valence electrons. The molecule has 0 spiro atoms. The standard InChI is InChI=1S/C13H8Cl4N2/c14-9-3-1-2-8(4-9)7-18-19-13-11(16)5-10(15)6-12(13)17/h1-7,19H/b18-7-. The molecule has 0 atom stereocenters. The van der Waals surface area contributed by atoms with Crippen LogP contribution in [-0.4, -0.2) is 6.21 Å². The van der Waals surface area contributed by atoms with Crippen LogP contribution in [0.15, 0.2) is 41.5 Å². The van der Waals surface area contributed by atoms with Crippen molar-refractivity contribution >= 4 is 58.3 Å². The molecule has 0 saturated carbocycles. The highest BCUT2D eigenvalue weighted by atomic mass is 35.5. The topological polar surface area (TPSA) is 24.4 Å². The van der Waals surface area contributed by atoms with E-state index >= 15 is 0 Å². The molecule has 0 bridgehead atoms. The summed E-state index contributed by atoms with van der Waals surface area (Å²) in [4.78, 5) is 0. The van der Waals surface area contributed by atoms with Gasteiger partial charge in [0.25, 0.3) is 0 Å². The Balaban J connectivity index is 2.15. The molecule has 6 heteroatoms. The predicted molar refractivity (Wildman–Crippen MR) is 84.1 cm³/mol. The van der Waals surface area contributed by atoms with Crippen LogP contribution in [-0.2, 0) is 0 Å². The molecule has 0 heterocycles. The summed E-state index contributed by atoms with van der Waals surface area (Å²) in [5, 5.41) is 5.98. The van der Waals surface area contributed by atoms with Crippen LogP contribution in [0.25, 0.3) is 0 Å². The maximum absolute atomic E-state index is 6.02. The van der Waals surface area contributed by atoms with Gasteiger partial charge in [0.1, 0.15) is 0 Å². The number of halogens is 4. The average Bonchev–Trinajstić information content (AvgIpc) is 2.32. The molecule has 1 N–H and O–H groups in total. The third-order valence-electron chi connectivity index (χ3n) is 2.25. The molecule has 0 amide bonds. The van der Waals surface area contributed by atoms with Crippen molar-refractivity contribution in [2.45, 2.75) is 0 Å². The molecule has 0 aliphatic carbocycles. The summed E-state index contributed by atoms with van der Waals surface area (Å²) in [5.74, 6) is 0. The van der Waals surface area contributed by atoms with E-state index in [1.54, 1.807) is 30.5 Å². The van der Waals surface area contributed by atoms with E-state index in [0.717, 1.165) is 5.56 Å². The minimum atomic E-state index is 0.403. The number of hydrazone groups is 1. The maximum atomic E-state index is 6.02. The Morgan fingerprint density at radius 1 is 0.895 bits per heavy atom. The number of benzene rings is 2. The van der Waals surface area contributed by atoms with Crippen LogP contribution in [0.3, 0.4) is 0 Å². The van der Waals surface area contributed by atoms with Crippen molar-refractivity contribution in [1.29, 1.82) is 0 Å². The lowest BCUT2D eigenvalue weighted by Gasteiger charge is -2.06. The van der Waals surface area contributed by atoms with E-state index in [9.17, 15) is 0 Å². The van der Waals surface area contributed by atoms with Crippen LogP contribution in [0.4, 0.5) is 5.69 Å². The van der Waals surface area contributed by atoms with Gasteiger partial charge in [0.2, 0.25) is 0 Å². The molecule has 2 nitrogen and oxygen atoms in total. The third kappa shape index (κ3) is 4.02. The minimum Gasteiger partial charge on any atom is -0.275 e. The van der Waals surface area contributed by atoms with Crippen molar-refractivity contribution < 1.29 is 0 Å². The second kappa shape index (κ2) is 6.49. The number of anilines is 1. The normalized spacial score (nSPS) is 10.9. The van der Waals surface area contributed by atoms with E-state index in [4.69, 9.17) is 46.4 Å². The van der Waals surface area contributed by atoms with Gasteiger partial charge < -0.3 is 0 Å². The van der Waals surface area contributed by atoms with Gasteiger partial charge in [-0.25, -0.2) is 0 Å². The van der Waals surface area contributed by atoms with E-state index in [-0.39, 0.29) is 0 Å². The first kappa shape index (κ1) is 14.5. The second-order valence-electron chi connectivity index (χ2n) is 3.67. The molecule has 0 saturated heterocycles. The molecule has 2 aromatic carbocycles. The summed E-state index contributed by atoms with van der Waals surface area (Å²) < 4.78 is 0. The van der Waals surface area contributed by atoms with E-state index in [1.165, 1.54) is 0 Å². The molecule has 2 aromatic rings. The number of nitrogens with one attached hydrogen (secondary N) is 1. The Kier molecular flexibility index (Phi) is 4.94. The maximum Gasteiger partial charge on any atom is 0.0935 e. The van der Waals surface area contributed by atoms with Crippen LogP contribution in [0.5, 0.6) is 0 Å². The fourth-order valence-corrected chi connectivity index (χ4v) is 2.51. The van der Waals surface area contributed by atoms with Gasteiger partial charge in [0.05, 0.1) is 21.9 Å². The number of hydrogen-bond acceptors (Lipinski definition) is 2. The number of nitrogens with zero attached hydrogens (tertiary/aromatic N) is 1. The lowest BCUT2D eigenvalue weighted by molar-refractivity contribution is 1.35. The van der Waals surface area contributed by atoms with E-state index in [0.29, 0.717) is 25.8 Å². The summed E-state index contributed by atoms with van der Waals surface area (Å²) in [5.41, 5.74) is 4.15. The van der Waals surface area contributed by atoms with Crippen LogP contribution in [0.2, 0.25) is 20.1 Å². The molecule has 0 aliphatic heterocycles. The van der Waals surface area contributed by atoms with E-state index in [1.807, 2.05) is 12.1 Å².